The van der Waals surface area contributed by atoms with E-state index in [2.05, 4.69) is 9.97 Å². The molecule has 2 aromatic rings. The van der Waals surface area contributed by atoms with Gasteiger partial charge < -0.3 is 14.6 Å². The minimum Gasteiger partial charge on any atom is -0.370 e. The molecule has 1 aliphatic rings. The standard InChI is InChI=1S/C19H22FN3O3/c1-12-16(19(25)22-13(2)21-12)7-8-18(24)23-9-10-26-17(11-23)14-3-5-15(20)6-4-14/h3-6,17H,7-11H2,1-2H3,(H,21,22,25). The number of H-pyrrole nitrogens is 1. The Labute approximate surface area is 151 Å². The smallest absolute Gasteiger partial charge is 0.254 e. The summed E-state index contributed by atoms with van der Waals surface area (Å²) < 4.78 is 18.8. The number of amides is 1. The summed E-state index contributed by atoms with van der Waals surface area (Å²) in [7, 11) is 0. The number of aryl methyl sites for hydroxylation is 2. The van der Waals surface area contributed by atoms with Gasteiger partial charge in [0.05, 0.1) is 13.2 Å². The maximum Gasteiger partial charge on any atom is 0.254 e. The summed E-state index contributed by atoms with van der Waals surface area (Å²) in [5, 5.41) is 0. The Morgan fingerprint density at radius 2 is 2.08 bits per heavy atom. The Morgan fingerprint density at radius 3 is 2.77 bits per heavy atom. The van der Waals surface area contributed by atoms with Crippen LogP contribution in [0.15, 0.2) is 29.1 Å². The molecule has 1 aromatic heterocycles. The van der Waals surface area contributed by atoms with E-state index < -0.39 is 0 Å². The van der Waals surface area contributed by atoms with Crippen LogP contribution in [0.2, 0.25) is 0 Å². The van der Waals surface area contributed by atoms with E-state index in [0.717, 1.165) is 5.56 Å². The lowest BCUT2D eigenvalue weighted by Crippen LogP contribution is -2.42. The van der Waals surface area contributed by atoms with Crippen LogP contribution in [0.1, 0.15) is 35.2 Å². The topological polar surface area (TPSA) is 75.3 Å². The van der Waals surface area contributed by atoms with Crippen molar-refractivity contribution in [3.05, 3.63) is 63.1 Å². The third kappa shape index (κ3) is 4.16. The van der Waals surface area contributed by atoms with Crippen LogP contribution < -0.4 is 5.56 Å². The summed E-state index contributed by atoms with van der Waals surface area (Å²) in [6, 6.07) is 6.13. The molecule has 1 amide bonds. The van der Waals surface area contributed by atoms with Crippen molar-refractivity contribution < 1.29 is 13.9 Å². The average molecular weight is 359 g/mol. The lowest BCUT2D eigenvalue weighted by molar-refractivity contribution is -0.139. The monoisotopic (exact) mass is 359 g/mol. The first-order valence-corrected chi connectivity index (χ1v) is 8.65. The predicted octanol–water partition coefficient (Wildman–Crippen LogP) is 2.06. The van der Waals surface area contributed by atoms with E-state index in [4.69, 9.17) is 4.74 Å². The molecule has 0 bridgehead atoms. The van der Waals surface area contributed by atoms with E-state index in [-0.39, 0.29) is 29.8 Å². The van der Waals surface area contributed by atoms with Gasteiger partial charge in [-0.2, -0.15) is 0 Å². The number of halogens is 1. The van der Waals surface area contributed by atoms with Crippen LogP contribution >= 0.6 is 0 Å². The Balaban J connectivity index is 1.63. The molecule has 3 rings (SSSR count). The molecule has 1 saturated heterocycles. The molecular formula is C19H22FN3O3. The van der Waals surface area contributed by atoms with Gasteiger partial charge in [-0.3, -0.25) is 9.59 Å². The fourth-order valence-electron chi connectivity index (χ4n) is 3.19. The third-order valence-corrected chi connectivity index (χ3v) is 4.59. The normalized spacial score (nSPS) is 17.3. The molecule has 1 atom stereocenters. The highest BCUT2D eigenvalue weighted by Gasteiger charge is 2.25. The number of carbonyl (C=O) groups excluding carboxylic acids is 1. The molecule has 1 fully saturated rings. The number of aromatic nitrogens is 2. The lowest BCUT2D eigenvalue weighted by Gasteiger charge is -2.33. The highest BCUT2D eigenvalue weighted by atomic mass is 19.1. The number of nitrogens with zero attached hydrogens (tertiary/aromatic N) is 2. The van der Waals surface area contributed by atoms with E-state index in [1.165, 1.54) is 12.1 Å². The van der Waals surface area contributed by atoms with Gasteiger partial charge in [-0.1, -0.05) is 12.1 Å². The zero-order valence-electron chi connectivity index (χ0n) is 14.9. The van der Waals surface area contributed by atoms with Crippen LogP contribution in [0, 0.1) is 19.7 Å². The summed E-state index contributed by atoms with van der Waals surface area (Å²) in [6.07, 6.45) is 0.330. The van der Waals surface area contributed by atoms with Gasteiger partial charge in [-0.15, -0.1) is 0 Å². The minimum atomic E-state index is -0.301. The maximum atomic E-state index is 13.1. The number of carbonyl (C=O) groups is 1. The minimum absolute atomic E-state index is 0.0280. The first-order valence-electron chi connectivity index (χ1n) is 8.65. The molecule has 1 unspecified atom stereocenters. The third-order valence-electron chi connectivity index (χ3n) is 4.59. The first kappa shape index (κ1) is 18.3. The van der Waals surface area contributed by atoms with Crippen LogP contribution in [-0.2, 0) is 16.0 Å². The van der Waals surface area contributed by atoms with Gasteiger partial charge in [-0.25, -0.2) is 9.37 Å². The van der Waals surface area contributed by atoms with Crippen molar-refractivity contribution in [3.8, 4) is 0 Å². The fourth-order valence-corrected chi connectivity index (χ4v) is 3.19. The summed E-state index contributed by atoms with van der Waals surface area (Å²) >= 11 is 0. The van der Waals surface area contributed by atoms with E-state index in [0.29, 0.717) is 43.2 Å². The molecule has 0 spiro atoms. The van der Waals surface area contributed by atoms with Crippen molar-refractivity contribution in [2.45, 2.75) is 32.8 Å². The number of benzene rings is 1. The number of morpholine rings is 1. The summed E-state index contributed by atoms with van der Waals surface area (Å²) in [5.74, 6) is 0.238. The first-order chi connectivity index (χ1) is 12.4. The molecule has 0 aliphatic carbocycles. The van der Waals surface area contributed by atoms with Crippen LogP contribution in [0.5, 0.6) is 0 Å². The van der Waals surface area contributed by atoms with Crippen LogP contribution in [0.25, 0.3) is 0 Å². The van der Waals surface area contributed by atoms with Gasteiger partial charge in [0.25, 0.3) is 5.56 Å². The van der Waals surface area contributed by atoms with Gasteiger partial charge in [0, 0.05) is 24.2 Å². The summed E-state index contributed by atoms with van der Waals surface area (Å²) in [5.41, 5.74) is 1.87. The zero-order valence-corrected chi connectivity index (χ0v) is 14.9. The second-order valence-electron chi connectivity index (χ2n) is 6.47. The Bertz CT molecular complexity index is 848. The number of hydrogen-bond donors (Lipinski definition) is 1. The summed E-state index contributed by atoms with van der Waals surface area (Å²) in [6.45, 7) is 4.87. The van der Waals surface area contributed by atoms with Crippen LogP contribution in [0.4, 0.5) is 4.39 Å². The van der Waals surface area contributed by atoms with Crippen molar-refractivity contribution in [2.24, 2.45) is 0 Å². The van der Waals surface area contributed by atoms with Gasteiger partial charge in [0.15, 0.2) is 0 Å². The van der Waals surface area contributed by atoms with Crippen LogP contribution in [0.3, 0.4) is 0 Å². The predicted molar refractivity (Wildman–Crippen MR) is 94.3 cm³/mol. The van der Waals surface area contributed by atoms with Crippen molar-refractivity contribution in [1.82, 2.24) is 14.9 Å². The zero-order chi connectivity index (χ0) is 18.7. The largest absolute Gasteiger partial charge is 0.370 e. The quantitative estimate of drug-likeness (QED) is 0.907. The lowest BCUT2D eigenvalue weighted by atomic mass is 10.1. The number of rotatable bonds is 4. The highest BCUT2D eigenvalue weighted by molar-refractivity contribution is 5.76. The fraction of sp³-hybridized carbons (Fsp3) is 0.421. The van der Waals surface area contributed by atoms with Gasteiger partial charge in [0.1, 0.15) is 17.7 Å². The van der Waals surface area contributed by atoms with Gasteiger partial charge in [0.2, 0.25) is 5.91 Å². The average Bonchev–Trinajstić information content (AvgIpc) is 2.61. The molecule has 0 saturated carbocycles. The molecule has 1 N–H and O–H groups in total. The van der Waals surface area contributed by atoms with Crippen molar-refractivity contribution in [2.75, 3.05) is 19.7 Å². The van der Waals surface area contributed by atoms with Crippen molar-refractivity contribution >= 4 is 5.91 Å². The van der Waals surface area contributed by atoms with Crippen molar-refractivity contribution in [3.63, 3.8) is 0 Å². The van der Waals surface area contributed by atoms with Crippen molar-refractivity contribution in [1.29, 1.82) is 0 Å². The SMILES string of the molecule is Cc1nc(C)c(CCC(=O)N2CCOC(c3ccc(F)cc3)C2)c(=O)[nH]1. The molecule has 1 aliphatic heterocycles. The Morgan fingerprint density at radius 1 is 1.35 bits per heavy atom. The Hall–Kier alpha value is -2.54. The number of nitrogens with one attached hydrogen (secondary N) is 1. The molecule has 7 heteroatoms. The van der Waals surface area contributed by atoms with E-state index in [9.17, 15) is 14.0 Å². The molecule has 0 radical (unpaired) electrons. The Kier molecular flexibility index (Phi) is 5.46. The van der Waals surface area contributed by atoms with Gasteiger partial charge >= 0.3 is 0 Å². The van der Waals surface area contributed by atoms with E-state index in [1.54, 1.807) is 30.9 Å². The molecule has 1 aromatic carbocycles. The molecule has 26 heavy (non-hydrogen) atoms. The molecule has 6 nitrogen and oxygen atoms in total. The number of ether oxygens (including phenoxy) is 1. The maximum absolute atomic E-state index is 13.1. The number of hydrogen-bond acceptors (Lipinski definition) is 4. The van der Waals surface area contributed by atoms with E-state index in [1.807, 2.05) is 0 Å². The van der Waals surface area contributed by atoms with Crippen LogP contribution in [-0.4, -0.2) is 40.5 Å². The van der Waals surface area contributed by atoms with E-state index >= 15 is 0 Å². The molecule has 2 heterocycles. The highest BCUT2D eigenvalue weighted by Crippen LogP contribution is 2.23. The summed E-state index contributed by atoms with van der Waals surface area (Å²) in [4.78, 5) is 33.3. The van der Waals surface area contributed by atoms with Gasteiger partial charge in [-0.05, 0) is 38.0 Å². The second kappa shape index (κ2) is 7.78. The molecule has 138 valence electrons. The molecular weight excluding hydrogens is 337 g/mol. The number of aromatic amines is 1. The second-order valence-corrected chi connectivity index (χ2v) is 6.47.